The Balaban J connectivity index is 1.68. The SMILES string of the molecule is COCC(=O)NCc1cc2n(n1)CCN(c1cc(C)nc(C)c1)C2. The maximum Gasteiger partial charge on any atom is 0.246 e. The van der Waals surface area contributed by atoms with E-state index in [0.717, 1.165) is 42.4 Å². The highest BCUT2D eigenvalue weighted by Gasteiger charge is 2.19. The fraction of sp³-hybridized carbons (Fsp3) is 0.471. The van der Waals surface area contributed by atoms with Gasteiger partial charge in [-0.15, -0.1) is 0 Å². The Bertz CT molecular complexity index is 720. The number of aryl methyl sites for hydroxylation is 2. The van der Waals surface area contributed by atoms with E-state index in [4.69, 9.17) is 4.74 Å². The van der Waals surface area contributed by atoms with Crippen LogP contribution in [0.1, 0.15) is 22.8 Å². The zero-order chi connectivity index (χ0) is 17.1. The summed E-state index contributed by atoms with van der Waals surface area (Å²) in [6.45, 7) is 7.09. The van der Waals surface area contributed by atoms with E-state index < -0.39 is 0 Å². The summed E-state index contributed by atoms with van der Waals surface area (Å²) >= 11 is 0. The van der Waals surface area contributed by atoms with Gasteiger partial charge >= 0.3 is 0 Å². The Morgan fingerprint density at radius 3 is 2.71 bits per heavy atom. The summed E-state index contributed by atoms with van der Waals surface area (Å²) in [7, 11) is 1.51. The fourth-order valence-corrected chi connectivity index (χ4v) is 3.00. The second kappa shape index (κ2) is 7.00. The Morgan fingerprint density at radius 2 is 2.00 bits per heavy atom. The Morgan fingerprint density at radius 1 is 1.25 bits per heavy atom. The van der Waals surface area contributed by atoms with Gasteiger partial charge in [0.15, 0.2) is 0 Å². The summed E-state index contributed by atoms with van der Waals surface area (Å²) in [5, 5.41) is 7.37. The van der Waals surface area contributed by atoms with Crippen molar-refractivity contribution in [2.24, 2.45) is 0 Å². The van der Waals surface area contributed by atoms with Crippen LogP contribution < -0.4 is 10.2 Å². The molecule has 7 nitrogen and oxygen atoms in total. The third kappa shape index (κ3) is 3.73. The minimum absolute atomic E-state index is 0.0715. The Labute approximate surface area is 141 Å². The third-order valence-corrected chi connectivity index (χ3v) is 4.02. The molecule has 2 aromatic heterocycles. The lowest BCUT2D eigenvalue weighted by molar-refractivity contribution is -0.124. The van der Waals surface area contributed by atoms with Crippen molar-refractivity contribution >= 4 is 11.6 Å². The molecule has 0 radical (unpaired) electrons. The second-order valence-electron chi connectivity index (χ2n) is 6.09. The number of nitrogens with one attached hydrogen (secondary N) is 1. The maximum atomic E-state index is 11.5. The van der Waals surface area contributed by atoms with Gasteiger partial charge in [-0.2, -0.15) is 5.10 Å². The van der Waals surface area contributed by atoms with Gasteiger partial charge in [0.2, 0.25) is 5.91 Å². The van der Waals surface area contributed by atoms with E-state index in [-0.39, 0.29) is 12.5 Å². The smallest absolute Gasteiger partial charge is 0.246 e. The van der Waals surface area contributed by atoms with Gasteiger partial charge in [-0.3, -0.25) is 14.5 Å². The van der Waals surface area contributed by atoms with Crippen molar-refractivity contribution < 1.29 is 9.53 Å². The highest BCUT2D eigenvalue weighted by molar-refractivity contribution is 5.77. The van der Waals surface area contributed by atoms with Crippen molar-refractivity contribution in [1.29, 1.82) is 0 Å². The quantitative estimate of drug-likeness (QED) is 0.892. The van der Waals surface area contributed by atoms with Gasteiger partial charge in [0.25, 0.3) is 0 Å². The molecule has 0 aliphatic carbocycles. The number of amides is 1. The van der Waals surface area contributed by atoms with Crippen molar-refractivity contribution in [3.8, 4) is 0 Å². The average Bonchev–Trinajstić information content (AvgIpc) is 2.94. The number of fused-ring (bicyclic) bond motifs is 1. The number of methoxy groups -OCH3 is 1. The number of hydrogen-bond donors (Lipinski definition) is 1. The first kappa shape index (κ1) is 16.4. The van der Waals surface area contributed by atoms with Gasteiger partial charge in [-0.05, 0) is 32.0 Å². The molecular formula is C17H23N5O2. The van der Waals surface area contributed by atoms with Gasteiger partial charge in [0.05, 0.1) is 31.0 Å². The molecule has 0 unspecified atom stereocenters. The van der Waals surface area contributed by atoms with Crippen LogP contribution in [0.2, 0.25) is 0 Å². The van der Waals surface area contributed by atoms with E-state index in [1.54, 1.807) is 0 Å². The third-order valence-electron chi connectivity index (χ3n) is 4.02. The number of hydrogen-bond acceptors (Lipinski definition) is 5. The molecule has 0 fully saturated rings. The van der Waals surface area contributed by atoms with Gasteiger partial charge in [0.1, 0.15) is 6.61 Å². The predicted molar refractivity (Wildman–Crippen MR) is 90.7 cm³/mol. The minimum Gasteiger partial charge on any atom is -0.375 e. The number of anilines is 1. The first-order valence-corrected chi connectivity index (χ1v) is 8.06. The largest absolute Gasteiger partial charge is 0.375 e. The number of rotatable bonds is 5. The van der Waals surface area contributed by atoms with E-state index in [9.17, 15) is 4.79 Å². The molecule has 0 atom stereocenters. The molecule has 3 rings (SSSR count). The minimum atomic E-state index is -0.132. The van der Waals surface area contributed by atoms with Crippen molar-refractivity contribution in [2.45, 2.75) is 33.5 Å². The van der Waals surface area contributed by atoms with E-state index >= 15 is 0 Å². The maximum absolute atomic E-state index is 11.5. The molecule has 1 amide bonds. The molecule has 7 heteroatoms. The topological polar surface area (TPSA) is 72.3 Å². The average molecular weight is 329 g/mol. The first-order valence-electron chi connectivity index (χ1n) is 8.06. The molecule has 128 valence electrons. The molecule has 0 saturated heterocycles. The summed E-state index contributed by atoms with van der Waals surface area (Å²) in [5.74, 6) is -0.132. The van der Waals surface area contributed by atoms with Crippen LogP contribution in [-0.4, -0.2) is 40.9 Å². The Kier molecular flexibility index (Phi) is 4.80. The molecule has 1 aliphatic heterocycles. The molecular weight excluding hydrogens is 306 g/mol. The second-order valence-corrected chi connectivity index (χ2v) is 6.09. The molecule has 0 bridgehead atoms. The highest BCUT2D eigenvalue weighted by atomic mass is 16.5. The zero-order valence-electron chi connectivity index (χ0n) is 14.4. The fourth-order valence-electron chi connectivity index (χ4n) is 3.00. The number of nitrogens with zero attached hydrogens (tertiary/aromatic N) is 4. The standard InChI is InChI=1S/C17H23N5O2/c1-12-6-15(7-13(2)19-12)21-4-5-22-16(10-21)8-14(20-22)9-18-17(23)11-24-3/h6-8H,4-5,9-11H2,1-3H3,(H,18,23). The van der Waals surface area contributed by atoms with Crippen molar-refractivity contribution in [3.05, 3.63) is 41.0 Å². The Hall–Kier alpha value is -2.41. The zero-order valence-corrected chi connectivity index (χ0v) is 14.4. The number of carbonyl (C=O) groups is 1. The number of ether oxygens (including phenoxy) is 1. The van der Waals surface area contributed by atoms with Crippen molar-refractivity contribution in [2.75, 3.05) is 25.2 Å². The van der Waals surface area contributed by atoms with Crippen LogP contribution in [0, 0.1) is 13.8 Å². The van der Waals surface area contributed by atoms with Gasteiger partial charge < -0.3 is 15.0 Å². The monoisotopic (exact) mass is 329 g/mol. The molecule has 1 N–H and O–H groups in total. The molecule has 3 heterocycles. The van der Waals surface area contributed by atoms with Crippen LogP contribution in [0.3, 0.4) is 0 Å². The van der Waals surface area contributed by atoms with Crippen molar-refractivity contribution in [1.82, 2.24) is 20.1 Å². The summed E-state index contributed by atoms with van der Waals surface area (Å²) < 4.78 is 6.83. The summed E-state index contributed by atoms with van der Waals surface area (Å²) in [4.78, 5) is 18.3. The number of aromatic nitrogens is 3. The predicted octanol–water partition coefficient (Wildman–Crippen LogP) is 1.18. The molecule has 0 aromatic carbocycles. The molecule has 1 aliphatic rings. The molecule has 0 saturated carbocycles. The summed E-state index contributed by atoms with van der Waals surface area (Å²) in [5.41, 5.74) is 5.29. The van der Waals surface area contributed by atoms with Crippen LogP contribution in [0.25, 0.3) is 0 Å². The lowest BCUT2D eigenvalue weighted by Crippen LogP contribution is -2.33. The molecule has 2 aromatic rings. The van der Waals surface area contributed by atoms with E-state index in [1.165, 1.54) is 12.8 Å². The lowest BCUT2D eigenvalue weighted by atomic mass is 10.2. The van der Waals surface area contributed by atoms with E-state index in [1.807, 2.05) is 18.5 Å². The van der Waals surface area contributed by atoms with Crippen molar-refractivity contribution in [3.63, 3.8) is 0 Å². The van der Waals surface area contributed by atoms with Crippen LogP contribution in [0.15, 0.2) is 18.2 Å². The van der Waals surface area contributed by atoms with Crippen LogP contribution in [0.5, 0.6) is 0 Å². The summed E-state index contributed by atoms with van der Waals surface area (Å²) in [6, 6.07) is 6.29. The van der Waals surface area contributed by atoms with Gasteiger partial charge in [-0.25, -0.2) is 0 Å². The van der Waals surface area contributed by atoms with E-state index in [0.29, 0.717) is 6.54 Å². The van der Waals surface area contributed by atoms with Gasteiger partial charge in [0, 0.05) is 30.7 Å². The number of pyridine rings is 1. The first-order chi connectivity index (χ1) is 11.5. The van der Waals surface area contributed by atoms with Crippen LogP contribution >= 0.6 is 0 Å². The number of carbonyl (C=O) groups excluding carboxylic acids is 1. The molecule has 0 spiro atoms. The molecule has 24 heavy (non-hydrogen) atoms. The normalized spacial score (nSPS) is 13.7. The highest BCUT2D eigenvalue weighted by Crippen LogP contribution is 2.22. The van der Waals surface area contributed by atoms with Gasteiger partial charge in [-0.1, -0.05) is 0 Å². The van der Waals surface area contributed by atoms with Crippen LogP contribution in [-0.2, 0) is 29.2 Å². The van der Waals surface area contributed by atoms with Crippen LogP contribution in [0.4, 0.5) is 5.69 Å². The summed E-state index contributed by atoms with van der Waals surface area (Å²) in [6.07, 6.45) is 0. The lowest BCUT2D eigenvalue weighted by Gasteiger charge is -2.30. The van der Waals surface area contributed by atoms with E-state index in [2.05, 4.69) is 38.5 Å².